The smallest absolute Gasteiger partial charge is 0.411 e. The third kappa shape index (κ3) is 4.86. The van der Waals surface area contributed by atoms with Crippen molar-refractivity contribution in [1.29, 1.82) is 0 Å². The van der Waals surface area contributed by atoms with Gasteiger partial charge in [0, 0.05) is 6.42 Å². The molecule has 1 aromatic rings. The molecule has 0 radical (unpaired) electrons. The number of Topliss-reactive ketones (excluding diaryl/α,β-unsaturated/α-hetero) is 1. The maximum atomic E-state index is 12.6. The topological polar surface area (TPSA) is 46.6 Å². The molecule has 0 aromatic heterocycles. The Morgan fingerprint density at radius 2 is 1.68 bits per heavy atom. The summed E-state index contributed by atoms with van der Waals surface area (Å²) in [6.45, 7) is 10.9. The molecule has 0 fully saturated rings. The third-order valence-electron chi connectivity index (χ3n) is 3.54. The quantitative estimate of drug-likeness (QED) is 0.812. The van der Waals surface area contributed by atoms with Crippen molar-refractivity contribution >= 4 is 11.9 Å². The second-order valence-electron chi connectivity index (χ2n) is 6.47. The Kier molecular flexibility index (Phi) is 6.15. The zero-order valence-corrected chi connectivity index (χ0v) is 14.4. The van der Waals surface area contributed by atoms with Gasteiger partial charge in [0.05, 0.1) is 12.1 Å². The minimum Gasteiger partial charge on any atom is -0.444 e. The molecule has 1 rings (SSSR count). The second kappa shape index (κ2) is 7.43. The number of ether oxygens (including phenoxy) is 1. The van der Waals surface area contributed by atoms with Gasteiger partial charge in [-0.1, -0.05) is 37.3 Å². The van der Waals surface area contributed by atoms with Gasteiger partial charge in [0.25, 0.3) is 0 Å². The lowest BCUT2D eigenvalue weighted by Gasteiger charge is -2.35. The first kappa shape index (κ1) is 18.2. The minimum atomic E-state index is -0.597. The van der Waals surface area contributed by atoms with Crippen LogP contribution in [-0.2, 0) is 9.53 Å². The summed E-state index contributed by atoms with van der Waals surface area (Å²) in [4.78, 5) is 26.2. The standard InChI is InChI=1S/C18H27NO3/c1-7-16(20)14(3)19(17(21)22-18(4,5)6)13(2)15-11-9-8-10-12-15/h8-14H,7H2,1-6H3. The zero-order chi connectivity index (χ0) is 16.9. The van der Waals surface area contributed by atoms with Crippen molar-refractivity contribution in [2.75, 3.05) is 0 Å². The molecule has 0 aliphatic rings. The molecule has 1 amide bonds. The molecule has 0 heterocycles. The Balaban J connectivity index is 3.11. The van der Waals surface area contributed by atoms with Crippen molar-refractivity contribution in [3.8, 4) is 0 Å². The van der Waals surface area contributed by atoms with Crippen molar-refractivity contribution in [2.24, 2.45) is 0 Å². The molecule has 4 heteroatoms. The fourth-order valence-electron chi connectivity index (χ4n) is 2.31. The molecule has 0 aliphatic heterocycles. The highest BCUT2D eigenvalue weighted by molar-refractivity contribution is 5.87. The van der Waals surface area contributed by atoms with Gasteiger partial charge in [0.1, 0.15) is 5.60 Å². The summed E-state index contributed by atoms with van der Waals surface area (Å²) >= 11 is 0. The van der Waals surface area contributed by atoms with Crippen molar-refractivity contribution in [1.82, 2.24) is 4.90 Å². The van der Waals surface area contributed by atoms with Crippen molar-refractivity contribution in [2.45, 2.75) is 65.6 Å². The van der Waals surface area contributed by atoms with E-state index in [1.54, 1.807) is 13.8 Å². The Morgan fingerprint density at radius 1 is 1.14 bits per heavy atom. The monoisotopic (exact) mass is 305 g/mol. The van der Waals surface area contributed by atoms with Crippen LogP contribution < -0.4 is 0 Å². The molecule has 0 aliphatic carbocycles. The van der Waals surface area contributed by atoms with Gasteiger partial charge in [-0.3, -0.25) is 9.69 Å². The maximum Gasteiger partial charge on any atom is 0.411 e. The molecule has 4 nitrogen and oxygen atoms in total. The lowest BCUT2D eigenvalue weighted by Crippen LogP contribution is -2.46. The van der Waals surface area contributed by atoms with Gasteiger partial charge in [-0.15, -0.1) is 0 Å². The van der Waals surface area contributed by atoms with Crippen molar-refractivity contribution < 1.29 is 14.3 Å². The maximum absolute atomic E-state index is 12.6. The molecule has 0 bridgehead atoms. The fourth-order valence-corrected chi connectivity index (χ4v) is 2.31. The van der Waals surface area contributed by atoms with Gasteiger partial charge in [-0.2, -0.15) is 0 Å². The van der Waals surface area contributed by atoms with Crippen LogP contribution in [0.25, 0.3) is 0 Å². The SMILES string of the molecule is CCC(=O)C(C)N(C(=O)OC(C)(C)C)C(C)c1ccccc1. The van der Waals surface area contributed by atoms with Gasteiger partial charge >= 0.3 is 6.09 Å². The van der Waals surface area contributed by atoms with Gasteiger partial charge in [0.15, 0.2) is 5.78 Å². The van der Waals surface area contributed by atoms with Crippen molar-refractivity contribution in [3.63, 3.8) is 0 Å². The second-order valence-corrected chi connectivity index (χ2v) is 6.47. The highest BCUT2D eigenvalue weighted by Crippen LogP contribution is 2.25. The van der Waals surface area contributed by atoms with Gasteiger partial charge in [0.2, 0.25) is 0 Å². The number of carbonyl (C=O) groups is 2. The molecule has 1 aromatic carbocycles. The molecular weight excluding hydrogens is 278 g/mol. The summed E-state index contributed by atoms with van der Waals surface area (Å²) in [5.41, 5.74) is 0.380. The first-order chi connectivity index (χ1) is 10.2. The van der Waals surface area contributed by atoms with Crippen LogP contribution in [0.1, 0.15) is 59.6 Å². The van der Waals surface area contributed by atoms with E-state index in [9.17, 15) is 9.59 Å². The number of amides is 1. The summed E-state index contributed by atoms with van der Waals surface area (Å²) < 4.78 is 5.49. The average molecular weight is 305 g/mol. The molecule has 0 spiro atoms. The molecule has 0 N–H and O–H groups in total. The van der Waals surface area contributed by atoms with Crippen LogP contribution in [0.4, 0.5) is 4.79 Å². The summed E-state index contributed by atoms with van der Waals surface area (Å²) in [5, 5.41) is 0. The van der Waals surface area contributed by atoms with Gasteiger partial charge < -0.3 is 4.74 Å². The van der Waals surface area contributed by atoms with Crippen molar-refractivity contribution in [3.05, 3.63) is 35.9 Å². The lowest BCUT2D eigenvalue weighted by atomic mass is 10.0. The largest absolute Gasteiger partial charge is 0.444 e. The van der Waals surface area contributed by atoms with Crippen LogP contribution in [0.5, 0.6) is 0 Å². The molecule has 0 saturated heterocycles. The van der Waals surface area contributed by atoms with E-state index in [0.29, 0.717) is 6.42 Å². The van der Waals surface area contributed by atoms with Crippen LogP contribution in [0.3, 0.4) is 0 Å². The van der Waals surface area contributed by atoms with Crippen LogP contribution in [0.2, 0.25) is 0 Å². The number of benzene rings is 1. The highest BCUT2D eigenvalue weighted by atomic mass is 16.6. The fraction of sp³-hybridized carbons (Fsp3) is 0.556. The molecular formula is C18H27NO3. The number of nitrogens with zero attached hydrogens (tertiary/aromatic N) is 1. The van der Waals surface area contributed by atoms with E-state index in [-0.39, 0.29) is 11.8 Å². The summed E-state index contributed by atoms with van der Waals surface area (Å²) in [6, 6.07) is 8.92. The molecule has 2 atom stereocenters. The first-order valence-electron chi connectivity index (χ1n) is 7.76. The summed E-state index contributed by atoms with van der Waals surface area (Å²) in [5.74, 6) is 0.0219. The first-order valence-corrected chi connectivity index (χ1v) is 7.76. The normalized spacial score (nSPS) is 14.1. The zero-order valence-electron chi connectivity index (χ0n) is 14.4. The Morgan fingerprint density at radius 3 is 2.14 bits per heavy atom. The Bertz CT molecular complexity index is 505. The van der Waals surface area contributed by atoms with E-state index in [1.165, 1.54) is 4.90 Å². The predicted octanol–water partition coefficient (Wildman–Crippen LogP) is 4.35. The van der Waals surface area contributed by atoms with E-state index < -0.39 is 17.7 Å². The molecule has 2 unspecified atom stereocenters. The minimum absolute atomic E-state index is 0.0219. The number of ketones is 1. The average Bonchev–Trinajstić information content (AvgIpc) is 2.45. The number of carbonyl (C=O) groups excluding carboxylic acids is 2. The highest BCUT2D eigenvalue weighted by Gasteiger charge is 2.33. The van der Waals surface area contributed by atoms with E-state index in [0.717, 1.165) is 5.56 Å². The lowest BCUT2D eigenvalue weighted by molar-refractivity contribution is -0.124. The van der Waals surface area contributed by atoms with E-state index in [4.69, 9.17) is 4.74 Å². The van der Waals surface area contributed by atoms with E-state index >= 15 is 0 Å². The summed E-state index contributed by atoms with van der Waals surface area (Å²) in [7, 11) is 0. The van der Waals surface area contributed by atoms with Crippen LogP contribution in [0.15, 0.2) is 30.3 Å². The number of rotatable bonds is 5. The van der Waals surface area contributed by atoms with Crippen LogP contribution in [-0.4, -0.2) is 28.4 Å². The van der Waals surface area contributed by atoms with Crippen LogP contribution in [0, 0.1) is 0 Å². The third-order valence-corrected chi connectivity index (χ3v) is 3.54. The van der Waals surface area contributed by atoms with E-state index in [1.807, 2.05) is 58.0 Å². The Hall–Kier alpha value is -1.84. The molecule has 22 heavy (non-hydrogen) atoms. The molecule has 122 valence electrons. The number of hydrogen-bond donors (Lipinski definition) is 0. The van der Waals surface area contributed by atoms with Crippen LogP contribution >= 0.6 is 0 Å². The van der Waals surface area contributed by atoms with E-state index in [2.05, 4.69) is 0 Å². The molecule has 0 saturated carbocycles. The van der Waals surface area contributed by atoms with Gasteiger partial charge in [-0.05, 0) is 40.2 Å². The number of hydrogen-bond acceptors (Lipinski definition) is 3. The summed E-state index contributed by atoms with van der Waals surface area (Å²) in [6.07, 6.45) is -0.0692. The predicted molar refractivity (Wildman–Crippen MR) is 87.7 cm³/mol. The Labute approximate surface area is 133 Å². The van der Waals surface area contributed by atoms with Gasteiger partial charge in [-0.25, -0.2) is 4.79 Å².